The zero-order valence-electron chi connectivity index (χ0n) is 15.8. The minimum absolute atomic E-state index is 0.126. The molecule has 1 atom stereocenters. The molecule has 2 aromatic carbocycles. The lowest BCUT2D eigenvalue weighted by Gasteiger charge is -2.20. The van der Waals surface area contributed by atoms with Crippen LogP contribution >= 0.6 is 0 Å². The van der Waals surface area contributed by atoms with Crippen LogP contribution in [0, 0.1) is 6.92 Å². The van der Waals surface area contributed by atoms with Crippen LogP contribution in [-0.2, 0) is 9.59 Å². The first-order valence-electron chi connectivity index (χ1n) is 9.57. The highest BCUT2D eigenvalue weighted by Gasteiger charge is 2.22. The molecule has 2 aromatic rings. The van der Waals surface area contributed by atoms with Crippen LogP contribution in [0.1, 0.15) is 36.4 Å². The van der Waals surface area contributed by atoms with Crippen molar-refractivity contribution in [3.8, 4) is 0 Å². The Morgan fingerprint density at radius 3 is 2.33 bits per heavy atom. The largest absolute Gasteiger partial charge is 0.343 e. The Kier molecular flexibility index (Phi) is 6.60. The fourth-order valence-electron chi connectivity index (χ4n) is 3.31. The van der Waals surface area contributed by atoms with Crippen LogP contribution in [0.4, 0.5) is 5.69 Å². The molecule has 0 aromatic heterocycles. The Morgan fingerprint density at radius 1 is 1.00 bits per heavy atom. The van der Waals surface area contributed by atoms with E-state index >= 15 is 0 Å². The third-order valence-electron chi connectivity index (χ3n) is 4.86. The molecule has 1 heterocycles. The van der Waals surface area contributed by atoms with Gasteiger partial charge in [0.2, 0.25) is 11.8 Å². The molecule has 0 unspecified atom stereocenters. The quantitative estimate of drug-likeness (QED) is 0.792. The molecule has 27 heavy (non-hydrogen) atoms. The first kappa shape index (κ1) is 19.1. The van der Waals surface area contributed by atoms with E-state index in [9.17, 15) is 9.59 Å². The number of hydrogen-bond acceptors (Lipinski definition) is 3. The summed E-state index contributed by atoms with van der Waals surface area (Å²) in [5.74, 6) is 0.0319. The van der Waals surface area contributed by atoms with Crippen LogP contribution in [-0.4, -0.2) is 36.3 Å². The maximum atomic E-state index is 12.9. The standard InChI is InChI=1S/C22H27N3O2/c1-17-9-11-19(12-10-17)24-22(27)21(18-7-3-2-4-8-18)23-14-13-20(26)25-15-5-6-16-25/h2-4,7-12,21,23H,5-6,13-16H2,1H3,(H,24,27)/t21-/m1/s1. The third-order valence-corrected chi connectivity index (χ3v) is 4.86. The second-order valence-corrected chi connectivity index (χ2v) is 6.99. The summed E-state index contributed by atoms with van der Waals surface area (Å²) in [7, 11) is 0. The molecule has 1 saturated heterocycles. The van der Waals surface area contributed by atoms with E-state index < -0.39 is 6.04 Å². The van der Waals surface area contributed by atoms with Crippen molar-refractivity contribution >= 4 is 17.5 Å². The van der Waals surface area contributed by atoms with Crippen molar-refractivity contribution in [2.24, 2.45) is 0 Å². The van der Waals surface area contributed by atoms with Gasteiger partial charge in [0.05, 0.1) is 0 Å². The number of amides is 2. The number of nitrogens with zero attached hydrogens (tertiary/aromatic N) is 1. The second kappa shape index (κ2) is 9.33. The fraction of sp³-hybridized carbons (Fsp3) is 0.364. The molecule has 0 radical (unpaired) electrons. The van der Waals surface area contributed by atoms with E-state index in [4.69, 9.17) is 0 Å². The Bertz CT molecular complexity index is 753. The SMILES string of the molecule is Cc1ccc(NC(=O)[C@H](NCCC(=O)N2CCCC2)c2ccccc2)cc1. The Hall–Kier alpha value is -2.66. The molecule has 3 rings (SSSR count). The highest BCUT2D eigenvalue weighted by molar-refractivity contribution is 5.95. The molecule has 0 spiro atoms. The summed E-state index contributed by atoms with van der Waals surface area (Å²) < 4.78 is 0. The first-order chi connectivity index (χ1) is 13.1. The molecular weight excluding hydrogens is 338 g/mol. The van der Waals surface area contributed by atoms with Crippen LogP contribution in [0.2, 0.25) is 0 Å². The van der Waals surface area contributed by atoms with Gasteiger partial charge in [-0.1, -0.05) is 48.0 Å². The van der Waals surface area contributed by atoms with Gasteiger partial charge < -0.3 is 15.5 Å². The van der Waals surface area contributed by atoms with Crippen LogP contribution < -0.4 is 10.6 Å². The van der Waals surface area contributed by atoms with E-state index in [1.807, 2.05) is 66.4 Å². The summed E-state index contributed by atoms with van der Waals surface area (Å²) in [6.45, 7) is 4.19. The van der Waals surface area contributed by atoms with Crippen LogP contribution in [0.25, 0.3) is 0 Å². The average Bonchev–Trinajstić information content (AvgIpc) is 3.22. The van der Waals surface area contributed by atoms with Gasteiger partial charge in [0.15, 0.2) is 0 Å². The van der Waals surface area contributed by atoms with Crippen molar-refractivity contribution in [3.63, 3.8) is 0 Å². The van der Waals surface area contributed by atoms with Crippen LogP contribution in [0.15, 0.2) is 54.6 Å². The van der Waals surface area contributed by atoms with E-state index in [2.05, 4.69) is 10.6 Å². The van der Waals surface area contributed by atoms with Gasteiger partial charge in [-0.15, -0.1) is 0 Å². The molecule has 2 amide bonds. The summed E-state index contributed by atoms with van der Waals surface area (Å²) in [6, 6.07) is 16.8. The minimum atomic E-state index is -0.501. The predicted octanol–water partition coefficient (Wildman–Crippen LogP) is 3.28. The summed E-state index contributed by atoms with van der Waals surface area (Å²) in [5, 5.41) is 6.23. The van der Waals surface area contributed by atoms with E-state index in [1.165, 1.54) is 0 Å². The molecule has 1 aliphatic rings. The zero-order chi connectivity index (χ0) is 19.1. The molecule has 0 saturated carbocycles. The van der Waals surface area contributed by atoms with Gasteiger partial charge in [0.1, 0.15) is 6.04 Å². The van der Waals surface area contributed by atoms with Crippen molar-refractivity contribution < 1.29 is 9.59 Å². The van der Waals surface area contributed by atoms with E-state index in [0.717, 1.165) is 42.7 Å². The van der Waals surface area contributed by atoms with E-state index in [1.54, 1.807) is 0 Å². The van der Waals surface area contributed by atoms with Gasteiger partial charge in [-0.05, 0) is 37.5 Å². The molecule has 5 heteroatoms. The molecule has 1 aliphatic heterocycles. The lowest BCUT2D eigenvalue weighted by molar-refractivity contribution is -0.130. The van der Waals surface area contributed by atoms with Crippen LogP contribution in [0.5, 0.6) is 0 Å². The number of anilines is 1. The number of carbonyl (C=O) groups is 2. The smallest absolute Gasteiger partial charge is 0.246 e. The Balaban J connectivity index is 1.62. The second-order valence-electron chi connectivity index (χ2n) is 6.99. The fourth-order valence-corrected chi connectivity index (χ4v) is 3.31. The zero-order valence-corrected chi connectivity index (χ0v) is 15.8. The van der Waals surface area contributed by atoms with Crippen LogP contribution in [0.3, 0.4) is 0 Å². The Morgan fingerprint density at radius 2 is 1.67 bits per heavy atom. The molecular formula is C22H27N3O2. The number of hydrogen-bond donors (Lipinski definition) is 2. The highest BCUT2D eigenvalue weighted by atomic mass is 16.2. The summed E-state index contributed by atoms with van der Waals surface area (Å²) in [6.07, 6.45) is 2.58. The lowest BCUT2D eigenvalue weighted by Crippen LogP contribution is -2.36. The van der Waals surface area contributed by atoms with E-state index in [0.29, 0.717) is 13.0 Å². The summed E-state index contributed by atoms with van der Waals surface area (Å²) in [5.41, 5.74) is 2.79. The third kappa shape index (κ3) is 5.41. The minimum Gasteiger partial charge on any atom is -0.343 e. The van der Waals surface area contributed by atoms with Gasteiger partial charge in [0, 0.05) is 31.7 Å². The van der Waals surface area contributed by atoms with Crippen molar-refractivity contribution in [3.05, 3.63) is 65.7 Å². The lowest BCUT2D eigenvalue weighted by atomic mass is 10.1. The molecule has 0 bridgehead atoms. The van der Waals surface area contributed by atoms with E-state index in [-0.39, 0.29) is 11.8 Å². The number of likely N-dealkylation sites (tertiary alicyclic amines) is 1. The maximum Gasteiger partial charge on any atom is 0.246 e. The maximum absolute atomic E-state index is 12.9. The average molecular weight is 365 g/mol. The van der Waals surface area contributed by atoms with Gasteiger partial charge in [-0.3, -0.25) is 9.59 Å². The number of carbonyl (C=O) groups excluding carboxylic acids is 2. The highest BCUT2D eigenvalue weighted by Crippen LogP contribution is 2.17. The molecule has 1 fully saturated rings. The Labute approximate surface area is 160 Å². The molecule has 0 aliphatic carbocycles. The normalized spacial score (nSPS) is 14.8. The van der Waals surface area contributed by atoms with Crippen molar-refractivity contribution in [1.29, 1.82) is 0 Å². The van der Waals surface area contributed by atoms with Gasteiger partial charge >= 0.3 is 0 Å². The predicted molar refractivity (Wildman–Crippen MR) is 107 cm³/mol. The summed E-state index contributed by atoms with van der Waals surface area (Å²) >= 11 is 0. The number of aryl methyl sites for hydroxylation is 1. The molecule has 5 nitrogen and oxygen atoms in total. The number of nitrogens with one attached hydrogen (secondary N) is 2. The van der Waals surface area contributed by atoms with Gasteiger partial charge in [-0.25, -0.2) is 0 Å². The van der Waals surface area contributed by atoms with Crippen molar-refractivity contribution in [1.82, 2.24) is 10.2 Å². The topological polar surface area (TPSA) is 61.4 Å². The number of benzene rings is 2. The summed E-state index contributed by atoms with van der Waals surface area (Å²) in [4.78, 5) is 27.0. The monoisotopic (exact) mass is 365 g/mol. The molecule has 142 valence electrons. The molecule has 2 N–H and O–H groups in total. The first-order valence-corrected chi connectivity index (χ1v) is 9.57. The van der Waals surface area contributed by atoms with Gasteiger partial charge in [-0.2, -0.15) is 0 Å². The van der Waals surface area contributed by atoms with Crippen molar-refractivity contribution in [2.45, 2.75) is 32.2 Å². The van der Waals surface area contributed by atoms with Gasteiger partial charge in [0.25, 0.3) is 0 Å². The van der Waals surface area contributed by atoms with Crippen molar-refractivity contribution in [2.75, 3.05) is 25.0 Å². The number of rotatable bonds is 7.